The van der Waals surface area contributed by atoms with Gasteiger partial charge in [0.2, 0.25) is 23.6 Å². The lowest BCUT2D eigenvalue weighted by Crippen LogP contribution is -2.58. The minimum atomic E-state index is -1.46. The Kier molecular flexibility index (Phi) is 9.90. The maximum absolute atomic E-state index is 13.1. The van der Waals surface area contributed by atoms with Crippen molar-refractivity contribution in [2.75, 3.05) is 0 Å². The first-order valence-electron chi connectivity index (χ1n) is 10.8. The maximum Gasteiger partial charge on any atom is 0.325 e. The minimum absolute atomic E-state index is 0.0218. The van der Waals surface area contributed by atoms with Crippen molar-refractivity contribution in [3.63, 3.8) is 0 Å². The van der Waals surface area contributed by atoms with Gasteiger partial charge in [-0.3, -0.25) is 24.0 Å². The van der Waals surface area contributed by atoms with Gasteiger partial charge in [0.25, 0.3) is 0 Å². The van der Waals surface area contributed by atoms with Crippen molar-refractivity contribution >= 4 is 29.6 Å². The number of benzene rings is 1. The fourth-order valence-electron chi connectivity index (χ4n) is 3.12. The molecule has 1 aromatic carbocycles. The number of aliphatic carboxylic acids is 1. The SMILES string of the molecule is CC(NC(=O)C(CC(N)=O)NC(=O)C(Cc1cnc[nH]1)NC(=O)C(N)Cc1ccccc1)C(=O)O. The van der Waals surface area contributed by atoms with Gasteiger partial charge in [0.1, 0.15) is 18.1 Å². The summed E-state index contributed by atoms with van der Waals surface area (Å²) < 4.78 is 0. The zero-order valence-electron chi connectivity index (χ0n) is 19.1. The van der Waals surface area contributed by atoms with Crippen molar-refractivity contribution in [1.82, 2.24) is 25.9 Å². The van der Waals surface area contributed by atoms with Crippen molar-refractivity contribution in [2.24, 2.45) is 11.5 Å². The number of nitrogens with two attached hydrogens (primary N) is 2. The van der Waals surface area contributed by atoms with Crippen LogP contribution in [0.5, 0.6) is 0 Å². The molecule has 4 amide bonds. The summed E-state index contributed by atoms with van der Waals surface area (Å²) in [6, 6.07) is 4.19. The van der Waals surface area contributed by atoms with E-state index in [-0.39, 0.29) is 12.8 Å². The van der Waals surface area contributed by atoms with Crippen LogP contribution in [0.2, 0.25) is 0 Å². The number of aromatic nitrogens is 2. The number of carboxylic acids is 1. The number of H-pyrrole nitrogens is 1. The van der Waals surface area contributed by atoms with Crippen LogP contribution < -0.4 is 27.4 Å². The Morgan fingerprint density at radius 2 is 1.60 bits per heavy atom. The molecule has 0 saturated carbocycles. The van der Waals surface area contributed by atoms with Crippen LogP contribution in [0.4, 0.5) is 0 Å². The molecular weight excluding hydrogens is 458 g/mol. The summed E-state index contributed by atoms with van der Waals surface area (Å²) in [6.45, 7) is 1.22. The first kappa shape index (κ1) is 27.0. The van der Waals surface area contributed by atoms with Gasteiger partial charge in [-0.1, -0.05) is 30.3 Å². The standard InChI is InChI=1S/C22H29N7O6/c1-12(22(34)35)27-20(32)17(9-18(24)30)29-21(33)16(8-14-10-25-11-26-14)28-19(31)15(23)7-13-5-3-2-4-6-13/h2-6,10-12,15-17H,7-9,23H2,1H3,(H2,24,30)(H,25,26)(H,27,32)(H,28,31)(H,29,33)(H,34,35). The number of aromatic amines is 1. The first-order chi connectivity index (χ1) is 16.6. The molecule has 13 heteroatoms. The number of carbonyl (C=O) groups is 5. The molecule has 0 aliphatic carbocycles. The monoisotopic (exact) mass is 487 g/mol. The van der Waals surface area contributed by atoms with E-state index in [0.29, 0.717) is 5.69 Å². The van der Waals surface area contributed by atoms with Gasteiger partial charge < -0.3 is 37.5 Å². The number of primary amides is 1. The quantitative estimate of drug-likeness (QED) is 0.166. The summed E-state index contributed by atoms with van der Waals surface area (Å²) in [4.78, 5) is 67.5. The van der Waals surface area contributed by atoms with Crippen LogP contribution in [-0.4, -0.2) is 68.8 Å². The van der Waals surface area contributed by atoms with E-state index in [2.05, 4.69) is 25.9 Å². The molecule has 9 N–H and O–H groups in total. The van der Waals surface area contributed by atoms with Crippen LogP contribution in [0.3, 0.4) is 0 Å². The van der Waals surface area contributed by atoms with Gasteiger partial charge in [0.05, 0.1) is 18.8 Å². The van der Waals surface area contributed by atoms with Gasteiger partial charge >= 0.3 is 5.97 Å². The van der Waals surface area contributed by atoms with Gasteiger partial charge in [-0.25, -0.2) is 4.98 Å². The number of carboxylic acid groups (broad SMARTS) is 1. The van der Waals surface area contributed by atoms with Gasteiger partial charge in [-0.2, -0.15) is 0 Å². The Labute approximate surface area is 201 Å². The topological polar surface area (TPSA) is 222 Å². The molecule has 0 aliphatic heterocycles. The van der Waals surface area contributed by atoms with E-state index in [9.17, 15) is 24.0 Å². The fraction of sp³-hybridized carbons (Fsp3) is 0.364. The second kappa shape index (κ2) is 12.8. The Bertz CT molecular complexity index is 1030. The maximum atomic E-state index is 13.1. The molecule has 188 valence electrons. The molecule has 0 fully saturated rings. The fourth-order valence-corrected chi connectivity index (χ4v) is 3.12. The Balaban J connectivity index is 2.15. The molecule has 0 aliphatic rings. The third-order valence-corrected chi connectivity index (χ3v) is 5.01. The summed E-state index contributed by atoms with van der Waals surface area (Å²) in [5.41, 5.74) is 12.6. The van der Waals surface area contributed by atoms with Gasteiger partial charge in [0.15, 0.2) is 0 Å². The van der Waals surface area contributed by atoms with Crippen LogP contribution in [-0.2, 0) is 36.8 Å². The molecule has 4 unspecified atom stereocenters. The number of nitrogens with zero attached hydrogens (tertiary/aromatic N) is 1. The van der Waals surface area contributed by atoms with Crippen LogP contribution >= 0.6 is 0 Å². The largest absolute Gasteiger partial charge is 0.480 e. The van der Waals surface area contributed by atoms with E-state index in [4.69, 9.17) is 16.6 Å². The number of rotatable bonds is 13. The lowest BCUT2D eigenvalue weighted by Gasteiger charge is -2.24. The van der Waals surface area contributed by atoms with E-state index in [1.54, 1.807) is 0 Å². The molecule has 2 aromatic rings. The highest BCUT2D eigenvalue weighted by molar-refractivity contribution is 5.96. The molecular formula is C22H29N7O6. The van der Waals surface area contributed by atoms with E-state index in [1.807, 2.05) is 30.3 Å². The molecule has 4 atom stereocenters. The lowest BCUT2D eigenvalue weighted by molar-refractivity contribution is -0.142. The molecule has 0 spiro atoms. The van der Waals surface area contributed by atoms with Crippen molar-refractivity contribution < 1.29 is 29.1 Å². The molecule has 0 saturated heterocycles. The predicted molar refractivity (Wildman–Crippen MR) is 123 cm³/mol. The normalized spacial score (nSPS) is 14.1. The first-order valence-corrected chi connectivity index (χ1v) is 10.8. The van der Waals surface area contributed by atoms with Crippen molar-refractivity contribution in [3.8, 4) is 0 Å². The molecule has 2 rings (SSSR count). The predicted octanol–water partition coefficient (Wildman–Crippen LogP) is -2.04. The molecule has 1 aromatic heterocycles. The molecule has 35 heavy (non-hydrogen) atoms. The number of carbonyl (C=O) groups excluding carboxylic acids is 4. The van der Waals surface area contributed by atoms with Crippen LogP contribution in [0.25, 0.3) is 0 Å². The highest BCUT2D eigenvalue weighted by Crippen LogP contribution is 2.05. The van der Waals surface area contributed by atoms with Crippen molar-refractivity contribution in [2.45, 2.75) is 50.4 Å². The number of hydrogen-bond acceptors (Lipinski definition) is 7. The number of imidazole rings is 1. The number of nitrogens with one attached hydrogen (secondary N) is 4. The highest BCUT2D eigenvalue weighted by Gasteiger charge is 2.30. The second-order valence-corrected chi connectivity index (χ2v) is 7.94. The molecule has 0 bridgehead atoms. The average Bonchev–Trinajstić information content (AvgIpc) is 3.31. The Hall–Kier alpha value is -4.26. The van der Waals surface area contributed by atoms with E-state index >= 15 is 0 Å². The highest BCUT2D eigenvalue weighted by atomic mass is 16.4. The third kappa shape index (κ3) is 8.89. The van der Waals surface area contributed by atoms with Gasteiger partial charge in [0, 0.05) is 18.3 Å². The van der Waals surface area contributed by atoms with E-state index in [1.165, 1.54) is 19.4 Å². The summed E-state index contributed by atoms with van der Waals surface area (Å²) in [5, 5.41) is 16.1. The van der Waals surface area contributed by atoms with Crippen LogP contribution in [0.1, 0.15) is 24.6 Å². The summed E-state index contributed by atoms with van der Waals surface area (Å²) in [6.07, 6.45) is 2.47. The number of hydrogen-bond donors (Lipinski definition) is 7. The summed E-state index contributed by atoms with van der Waals surface area (Å²) in [7, 11) is 0. The summed E-state index contributed by atoms with van der Waals surface area (Å²) >= 11 is 0. The van der Waals surface area contributed by atoms with Crippen molar-refractivity contribution in [1.29, 1.82) is 0 Å². The Morgan fingerprint density at radius 1 is 0.971 bits per heavy atom. The van der Waals surface area contributed by atoms with Crippen LogP contribution in [0, 0.1) is 0 Å². The minimum Gasteiger partial charge on any atom is -0.480 e. The molecule has 0 radical (unpaired) electrons. The second-order valence-electron chi connectivity index (χ2n) is 7.94. The molecule has 1 heterocycles. The Morgan fingerprint density at radius 3 is 2.17 bits per heavy atom. The van der Waals surface area contributed by atoms with E-state index in [0.717, 1.165) is 5.56 Å². The smallest absolute Gasteiger partial charge is 0.325 e. The van der Waals surface area contributed by atoms with Gasteiger partial charge in [-0.15, -0.1) is 0 Å². The summed E-state index contributed by atoms with van der Waals surface area (Å²) in [5.74, 6) is -4.53. The van der Waals surface area contributed by atoms with E-state index < -0.39 is 60.2 Å². The number of amides is 4. The lowest BCUT2D eigenvalue weighted by atomic mass is 10.0. The van der Waals surface area contributed by atoms with Crippen LogP contribution in [0.15, 0.2) is 42.9 Å². The zero-order valence-corrected chi connectivity index (χ0v) is 19.1. The van der Waals surface area contributed by atoms with Gasteiger partial charge in [-0.05, 0) is 18.9 Å². The molecule has 13 nitrogen and oxygen atoms in total. The third-order valence-electron chi connectivity index (χ3n) is 5.01. The average molecular weight is 488 g/mol. The zero-order chi connectivity index (χ0) is 26.0. The van der Waals surface area contributed by atoms with Crippen molar-refractivity contribution in [3.05, 3.63) is 54.1 Å².